The van der Waals surface area contributed by atoms with Crippen LogP contribution in [-0.4, -0.2) is 31.8 Å². The van der Waals surface area contributed by atoms with Gasteiger partial charge in [0.05, 0.1) is 58.8 Å². The Morgan fingerprint density at radius 3 is 2.34 bits per heavy atom. The van der Waals surface area contributed by atoms with Crippen molar-refractivity contribution in [3.8, 4) is 17.6 Å². The van der Waals surface area contributed by atoms with Gasteiger partial charge in [-0.05, 0) is 29.5 Å². The molecule has 0 radical (unpaired) electrons. The highest BCUT2D eigenvalue weighted by Crippen LogP contribution is 2.42. The molecular weight excluding hydrogens is 598 g/mol. The van der Waals surface area contributed by atoms with E-state index in [4.69, 9.17) is 25.8 Å². The van der Waals surface area contributed by atoms with Crippen LogP contribution in [0.25, 0.3) is 0 Å². The molecule has 0 saturated carbocycles. The Morgan fingerprint density at radius 2 is 1.73 bits per heavy atom. The Kier molecular flexibility index (Phi) is 11.0. The number of hydrogen-bond donors (Lipinski definition) is 2. The van der Waals surface area contributed by atoms with E-state index in [9.17, 15) is 14.9 Å². The van der Waals surface area contributed by atoms with E-state index in [1.165, 1.54) is 26.0 Å². The van der Waals surface area contributed by atoms with Crippen LogP contribution in [0, 0.1) is 11.3 Å². The van der Waals surface area contributed by atoms with Crippen LogP contribution in [0.1, 0.15) is 49.3 Å². The number of thioether (sulfide) groups is 1. The third kappa shape index (κ3) is 7.57. The minimum atomic E-state index is -0.683. The quantitative estimate of drug-likeness (QED) is 0.212. The smallest absolute Gasteiger partial charge is 0.337 e. The van der Waals surface area contributed by atoms with Crippen molar-refractivity contribution in [1.29, 1.82) is 5.26 Å². The molecule has 0 fully saturated rings. The average Bonchev–Trinajstić information content (AvgIpc) is 3.03. The number of hydrogen-bond acceptors (Lipinski definition) is 8. The fourth-order valence-corrected chi connectivity index (χ4v) is 5.91. The van der Waals surface area contributed by atoms with Gasteiger partial charge in [-0.15, -0.1) is 0 Å². The third-order valence-electron chi connectivity index (χ3n) is 7.11. The van der Waals surface area contributed by atoms with Gasteiger partial charge in [0, 0.05) is 17.8 Å². The first-order valence-corrected chi connectivity index (χ1v) is 15.3. The van der Waals surface area contributed by atoms with Crippen LogP contribution in [0.15, 0.2) is 88.6 Å². The maximum absolute atomic E-state index is 13.6. The summed E-state index contributed by atoms with van der Waals surface area (Å²) in [5, 5.41) is 17.3. The standard InChI is InChI=1S/C34H34ClN3O5S/c1-20(2)23-11-13-24(14-12-23)32-25(17-36)33(37-21(3)31(32)34(40)43-18-22-9-7-6-8-10-22)44-19-30(39)38-27-16-28(41-4)26(35)15-29(27)42-5/h6-16,20,32,37H,18-19H2,1-5H3,(H,38,39)/t32-/m0/s1. The first-order chi connectivity index (χ1) is 21.2. The molecule has 2 N–H and O–H groups in total. The Balaban J connectivity index is 1.62. The monoisotopic (exact) mass is 631 g/mol. The lowest BCUT2D eigenvalue weighted by molar-refractivity contribution is -0.140. The van der Waals surface area contributed by atoms with Crippen molar-refractivity contribution < 1.29 is 23.8 Å². The molecule has 1 heterocycles. The van der Waals surface area contributed by atoms with E-state index < -0.39 is 11.9 Å². The van der Waals surface area contributed by atoms with Crippen LogP contribution in [0.5, 0.6) is 11.5 Å². The number of halogens is 1. The fourth-order valence-electron chi connectivity index (χ4n) is 4.79. The van der Waals surface area contributed by atoms with Crippen molar-refractivity contribution >= 4 is 40.9 Å². The van der Waals surface area contributed by atoms with E-state index in [0.717, 1.165) is 16.7 Å². The maximum atomic E-state index is 13.6. The lowest BCUT2D eigenvalue weighted by Gasteiger charge is -2.29. The van der Waals surface area contributed by atoms with E-state index in [2.05, 4.69) is 30.6 Å². The second kappa shape index (κ2) is 14.9. The van der Waals surface area contributed by atoms with Crippen LogP contribution in [0.2, 0.25) is 5.02 Å². The number of anilines is 1. The number of methoxy groups -OCH3 is 2. The molecule has 4 rings (SSSR count). The first kappa shape index (κ1) is 32.5. The topological polar surface area (TPSA) is 110 Å². The Bertz CT molecular complexity index is 1630. The highest BCUT2D eigenvalue weighted by atomic mass is 35.5. The molecule has 3 aromatic carbocycles. The van der Waals surface area contributed by atoms with Gasteiger partial charge in [0.2, 0.25) is 5.91 Å². The molecule has 0 aromatic heterocycles. The lowest BCUT2D eigenvalue weighted by atomic mass is 9.82. The number of nitriles is 1. The fraction of sp³-hybridized carbons (Fsp3) is 0.265. The number of amides is 1. The van der Waals surface area contributed by atoms with Gasteiger partial charge in [-0.1, -0.05) is 91.8 Å². The highest BCUT2D eigenvalue weighted by molar-refractivity contribution is 8.03. The number of allylic oxidation sites excluding steroid dienone is 2. The predicted molar refractivity (Wildman–Crippen MR) is 174 cm³/mol. The summed E-state index contributed by atoms with van der Waals surface area (Å²) in [5.41, 5.74) is 4.39. The van der Waals surface area contributed by atoms with Crippen LogP contribution < -0.4 is 20.1 Å². The van der Waals surface area contributed by atoms with Crippen molar-refractivity contribution in [2.75, 3.05) is 25.3 Å². The lowest BCUT2D eigenvalue weighted by Crippen LogP contribution is -2.29. The molecule has 0 unspecified atom stereocenters. The number of nitrogens with zero attached hydrogens (tertiary/aromatic N) is 1. The van der Waals surface area contributed by atoms with E-state index in [1.807, 2.05) is 54.6 Å². The molecule has 1 amide bonds. The summed E-state index contributed by atoms with van der Waals surface area (Å²) in [5.74, 6) is -0.480. The molecule has 1 aliphatic heterocycles. The molecule has 8 nitrogen and oxygen atoms in total. The molecule has 0 bridgehead atoms. The molecule has 0 saturated heterocycles. The van der Waals surface area contributed by atoms with Crippen molar-refractivity contribution in [1.82, 2.24) is 5.32 Å². The van der Waals surface area contributed by atoms with Crippen LogP contribution in [-0.2, 0) is 20.9 Å². The van der Waals surface area contributed by atoms with E-state index in [1.54, 1.807) is 19.1 Å². The predicted octanol–water partition coefficient (Wildman–Crippen LogP) is 7.29. The van der Waals surface area contributed by atoms with Gasteiger partial charge in [0.1, 0.15) is 18.1 Å². The van der Waals surface area contributed by atoms with Crippen LogP contribution in [0.4, 0.5) is 5.69 Å². The highest BCUT2D eigenvalue weighted by Gasteiger charge is 2.36. The third-order valence-corrected chi connectivity index (χ3v) is 8.42. The number of esters is 1. The number of benzene rings is 3. The summed E-state index contributed by atoms with van der Waals surface area (Å²) in [6, 6.07) is 22.8. The molecule has 1 aliphatic rings. The van der Waals surface area contributed by atoms with Gasteiger partial charge in [0.25, 0.3) is 0 Å². The van der Waals surface area contributed by atoms with E-state index in [0.29, 0.717) is 50.0 Å². The number of ether oxygens (including phenoxy) is 3. The van der Waals surface area contributed by atoms with Gasteiger partial charge in [-0.25, -0.2) is 4.79 Å². The Morgan fingerprint density at radius 1 is 1.05 bits per heavy atom. The number of carbonyl (C=O) groups is 2. The summed E-state index contributed by atoms with van der Waals surface area (Å²) in [6.07, 6.45) is 0. The molecular formula is C34H34ClN3O5S. The number of carbonyl (C=O) groups excluding carboxylic acids is 2. The van der Waals surface area contributed by atoms with Crippen molar-refractivity contribution in [3.63, 3.8) is 0 Å². The van der Waals surface area contributed by atoms with E-state index >= 15 is 0 Å². The van der Waals surface area contributed by atoms with Gasteiger partial charge < -0.3 is 24.8 Å². The molecule has 10 heteroatoms. The SMILES string of the molecule is COc1cc(NC(=O)CSC2=C(C#N)[C@H](c3ccc(C(C)C)cc3)C(C(=O)OCc3ccccc3)=C(C)N2)c(OC)cc1Cl. The van der Waals surface area contributed by atoms with Crippen molar-refractivity contribution in [2.24, 2.45) is 0 Å². The number of rotatable bonds is 11. The largest absolute Gasteiger partial charge is 0.495 e. The van der Waals surface area contributed by atoms with Gasteiger partial charge in [-0.3, -0.25) is 4.79 Å². The van der Waals surface area contributed by atoms with Gasteiger partial charge in [-0.2, -0.15) is 5.26 Å². The first-order valence-electron chi connectivity index (χ1n) is 13.9. The molecule has 0 aliphatic carbocycles. The van der Waals surface area contributed by atoms with Gasteiger partial charge in [0.15, 0.2) is 0 Å². The Hall–Kier alpha value is -4.39. The van der Waals surface area contributed by atoms with Crippen molar-refractivity contribution in [3.05, 3.63) is 110 Å². The van der Waals surface area contributed by atoms with Crippen LogP contribution in [0.3, 0.4) is 0 Å². The molecule has 44 heavy (non-hydrogen) atoms. The zero-order valence-corrected chi connectivity index (χ0v) is 26.8. The molecule has 228 valence electrons. The zero-order chi connectivity index (χ0) is 31.8. The summed E-state index contributed by atoms with van der Waals surface area (Å²) in [7, 11) is 2.96. The second-order valence-electron chi connectivity index (χ2n) is 10.4. The minimum absolute atomic E-state index is 0.0261. The zero-order valence-electron chi connectivity index (χ0n) is 25.2. The minimum Gasteiger partial charge on any atom is -0.495 e. The second-order valence-corrected chi connectivity index (χ2v) is 11.8. The van der Waals surface area contributed by atoms with Crippen molar-refractivity contribution in [2.45, 2.75) is 39.2 Å². The molecule has 0 spiro atoms. The normalized spacial score (nSPS) is 14.5. The Labute approximate surface area is 267 Å². The van der Waals surface area contributed by atoms with Gasteiger partial charge >= 0.3 is 5.97 Å². The summed E-state index contributed by atoms with van der Waals surface area (Å²) in [6.45, 7) is 6.08. The molecule has 3 aromatic rings. The summed E-state index contributed by atoms with van der Waals surface area (Å²) in [4.78, 5) is 26.6. The maximum Gasteiger partial charge on any atom is 0.337 e. The van der Waals surface area contributed by atoms with Crippen LogP contribution >= 0.6 is 23.4 Å². The average molecular weight is 632 g/mol. The molecule has 1 atom stereocenters. The summed E-state index contributed by atoms with van der Waals surface area (Å²) < 4.78 is 16.4. The number of dihydropyridines is 1. The van der Waals surface area contributed by atoms with E-state index in [-0.39, 0.29) is 18.3 Å². The number of nitrogens with one attached hydrogen (secondary N) is 2. The summed E-state index contributed by atoms with van der Waals surface area (Å²) >= 11 is 7.36.